The second-order valence-electron chi connectivity index (χ2n) is 13.1. The van der Waals surface area contributed by atoms with E-state index in [0.29, 0.717) is 24.6 Å². The smallest absolute Gasteiger partial charge is 0.231 e. The molecule has 4 rings (SSSR count). The van der Waals surface area contributed by atoms with Crippen molar-refractivity contribution in [1.82, 2.24) is 40.0 Å². The molecule has 0 unspecified atom stereocenters. The summed E-state index contributed by atoms with van der Waals surface area (Å²) in [6.45, 7) is 18.3. The van der Waals surface area contributed by atoms with Gasteiger partial charge in [-0.25, -0.2) is 9.67 Å². The normalized spacial score (nSPS) is 12.8. The van der Waals surface area contributed by atoms with Crippen LogP contribution in [0.2, 0.25) is 0 Å². The molecule has 3 aromatic heterocycles. The summed E-state index contributed by atoms with van der Waals surface area (Å²) in [4.78, 5) is 4.92. The number of rotatable bonds is 12. The maximum absolute atomic E-state index is 5.83. The Morgan fingerprint density at radius 2 is 1.60 bits per heavy atom. The number of aromatic nitrogens is 8. The van der Waals surface area contributed by atoms with E-state index in [9.17, 15) is 0 Å². The number of unbranched alkanes of at least 4 members (excludes halogenated alkanes) is 1. The highest BCUT2D eigenvalue weighted by Gasteiger charge is 2.37. The molecule has 0 spiro atoms. The molecule has 0 fully saturated rings. The molecule has 0 aliphatic heterocycles. The Labute approximate surface area is 250 Å². The standard InChI is InChI=1S/C32H48N8O2/c1-11-13-14-26-33-29(32(41-9,42-10)19-12-2)36-39(26)21-22-15-17-23(18-16-22)40-25(31(6,7)8)20-24(30(3,4)5)27(40)28-34-37-38-35-28/h15-18,20H,11-14,19,21H2,1-10H3,(H,34,35,37,38). The van der Waals surface area contributed by atoms with Gasteiger partial charge in [0.1, 0.15) is 5.82 Å². The zero-order valence-electron chi connectivity index (χ0n) is 27.1. The van der Waals surface area contributed by atoms with E-state index in [1.165, 1.54) is 11.3 Å². The lowest BCUT2D eigenvalue weighted by Crippen LogP contribution is -2.32. The molecule has 42 heavy (non-hydrogen) atoms. The molecule has 0 bridgehead atoms. The van der Waals surface area contributed by atoms with Crippen LogP contribution in [0.4, 0.5) is 0 Å². The van der Waals surface area contributed by atoms with Gasteiger partial charge in [-0.1, -0.05) is 80.4 Å². The van der Waals surface area contributed by atoms with Crippen molar-refractivity contribution in [2.24, 2.45) is 0 Å². The zero-order chi connectivity index (χ0) is 30.7. The number of aromatic amines is 1. The van der Waals surface area contributed by atoms with E-state index >= 15 is 0 Å². The van der Waals surface area contributed by atoms with Crippen molar-refractivity contribution in [2.75, 3.05) is 14.2 Å². The predicted molar refractivity (Wildman–Crippen MR) is 165 cm³/mol. The third-order valence-electron chi connectivity index (χ3n) is 7.74. The van der Waals surface area contributed by atoms with Crippen LogP contribution >= 0.6 is 0 Å². The molecule has 0 saturated heterocycles. The number of aryl methyl sites for hydroxylation is 1. The number of ether oxygens (including phenoxy) is 2. The number of tetrazole rings is 1. The Balaban J connectivity index is 1.77. The highest BCUT2D eigenvalue weighted by Crippen LogP contribution is 2.40. The number of nitrogens with one attached hydrogen (secondary N) is 1. The molecule has 10 heteroatoms. The topological polar surface area (TPSA) is 109 Å². The second kappa shape index (κ2) is 12.5. The number of H-pyrrole nitrogens is 1. The SMILES string of the molecule is CCCCc1nc(C(CCC)(OC)OC)nn1Cc1ccc(-n2c(C(C)(C)C)cc(C(C)(C)C)c2-c2nn[nH]n2)cc1. The van der Waals surface area contributed by atoms with Crippen LogP contribution < -0.4 is 0 Å². The summed E-state index contributed by atoms with van der Waals surface area (Å²) >= 11 is 0. The predicted octanol–water partition coefficient (Wildman–Crippen LogP) is 6.48. The van der Waals surface area contributed by atoms with Crippen molar-refractivity contribution in [2.45, 2.75) is 111 Å². The van der Waals surface area contributed by atoms with E-state index in [1.807, 2.05) is 4.68 Å². The van der Waals surface area contributed by atoms with E-state index in [4.69, 9.17) is 19.6 Å². The Kier molecular flexibility index (Phi) is 9.37. The van der Waals surface area contributed by atoms with Gasteiger partial charge >= 0.3 is 0 Å². The van der Waals surface area contributed by atoms with E-state index in [2.05, 4.69) is 111 Å². The molecule has 10 nitrogen and oxygen atoms in total. The molecule has 0 aliphatic rings. The van der Waals surface area contributed by atoms with Gasteiger partial charge in [-0.3, -0.25) is 0 Å². The van der Waals surface area contributed by atoms with Crippen molar-refractivity contribution in [3.63, 3.8) is 0 Å². The molecule has 0 atom stereocenters. The van der Waals surface area contributed by atoms with Crippen molar-refractivity contribution < 1.29 is 9.47 Å². The summed E-state index contributed by atoms with van der Waals surface area (Å²) in [5.74, 6) is 1.17. The maximum Gasteiger partial charge on any atom is 0.231 e. The average Bonchev–Trinajstić information content (AvgIpc) is 3.69. The Morgan fingerprint density at radius 1 is 0.905 bits per heavy atom. The van der Waals surface area contributed by atoms with Crippen molar-refractivity contribution in [3.05, 3.63) is 58.8 Å². The number of hydrogen-bond acceptors (Lipinski definition) is 7. The van der Waals surface area contributed by atoms with E-state index in [1.54, 1.807) is 14.2 Å². The van der Waals surface area contributed by atoms with Crippen molar-refractivity contribution in [1.29, 1.82) is 0 Å². The molecular weight excluding hydrogens is 528 g/mol. The number of nitrogens with zero attached hydrogens (tertiary/aromatic N) is 7. The highest BCUT2D eigenvalue weighted by atomic mass is 16.7. The Hall–Kier alpha value is -3.37. The van der Waals surface area contributed by atoms with Gasteiger partial charge in [-0.15, -0.1) is 15.3 Å². The fourth-order valence-corrected chi connectivity index (χ4v) is 5.40. The fraction of sp³-hybridized carbons (Fsp3) is 0.594. The summed E-state index contributed by atoms with van der Waals surface area (Å²) in [7, 11) is 3.32. The van der Waals surface area contributed by atoms with Crippen LogP contribution in [0.5, 0.6) is 0 Å². The van der Waals surface area contributed by atoms with Gasteiger partial charge in [0.15, 0.2) is 0 Å². The van der Waals surface area contributed by atoms with Crippen molar-refractivity contribution in [3.8, 4) is 17.2 Å². The fourth-order valence-electron chi connectivity index (χ4n) is 5.40. The molecule has 0 aliphatic carbocycles. The highest BCUT2D eigenvalue weighted by molar-refractivity contribution is 5.64. The minimum absolute atomic E-state index is 0.111. The molecule has 0 saturated carbocycles. The molecule has 4 aromatic rings. The van der Waals surface area contributed by atoms with Crippen LogP contribution in [0.1, 0.15) is 110 Å². The summed E-state index contributed by atoms with van der Waals surface area (Å²) in [6.07, 6.45) is 4.53. The monoisotopic (exact) mass is 576 g/mol. The van der Waals surface area contributed by atoms with Gasteiger partial charge in [0.25, 0.3) is 0 Å². The lowest BCUT2D eigenvalue weighted by Gasteiger charge is -2.27. The lowest BCUT2D eigenvalue weighted by atomic mass is 9.85. The van der Waals surface area contributed by atoms with Crippen LogP contribution in [0, 0.1) is 0 Å². The average molecular weight is 577 g/mol. The molecule has 1 aromatic carbocycles. The van der Waals surface area contributed by atoms with E-state index < -0.39 is 5.79 Å². The Bertz CT molecular complexity index is 1430. The van der Waals surface area contributed by atoms with Gasteiger partial charge in [-0.2, -0.15) is 5.21 Å². The van der Waals surface area contributed by atoms with Crippen LogP contribution in [-0.2, 0) is 39.1 Å². The van der Waals surface area contributed by atoms with Gasteiger partial charge in [0.05, 0.1) is 12.2 Å². The number of benzene rings is 1. The molecule has 0 radical (unpaired) electrons. The first-order chi connectivity index (χ1) is 19.9. The third kappa shape index (κ3) is 6.34. The van der Waals surface area contributed by atoms with Gasteiger partial charge < -0.3 is 14.0 Å². The summed E-state index contributed by atoms with van der Waals surface area (Å²) in [6, 6.07) is 10.9. The van der Waals surface area contributed by atoms with Crippen molar-refractivity contribution >= 4 is 0 Å². The summed E-state index contributed by atoms with van der Waals surface area (Å²) < 4.78 is 15.9. The molecule has 228 valence electrons. The molecule has 3 heterocycles. The van der Waals surface area contributed by atoms with Crippen LogP contribution in [0.3, 0.4) is 0 Å². The van der Waals surface area contributed by atoms with Gasteiger partial charge in [-0.05, 0) is 46.4 Å². The van der Waals surface area contributed by atoms with Crippen LogP contribution in [0.15, 0.2) is 30.3 Å². The third-order valence-corrected chi connectivity index (χ3v) is 7.74. The van der Waals surface area contributed by atoms with Crippen LogP contribution in [0.25, 0.3) is 17.2 Å². The van der Waals surface area contributed by atoms with Crippen LogP contribution in [-0.4, -0.2) is 54.2 Å². The quantitative estimate of drug-likeness (QED) is 0.192. The molecule has 0 amide bonds. The number of hydrogen-bond donors (Lipinski definition) is 1. The summed E-state index contributed by atoms with van der Waals surface area (Å²) in [5.41, 5.74) is 5.28. The first-order valence-corrected chi connectivity index (χ1v) is 15.0. The second-order valence-corrected chi connectivity index (χ2v) is 13.1. The number of methoxy groups -OCH3 is 2. The first-order valence-electron chi connectivity index (χ1n) is 15.0. The largest absolute Gasteiger partial charge is 0.347 e. The van der Waals surface area contributed by atoms with Gasteiger partial charge in [0, 0.05) is 43.9 Å². The lowest BCUT2D eigenvalue weighted by molar-refractivity contribution is -0.225. The minimum atomic E-state index is -0.946. The zero-order valence-corrected chi connectivity index (χ0v) is 27.1. The molecular formula is C32H48N8O2. The Morgan fingerprint density at radius 3 is 2.12 bits per heavy atom. The minimum Gasteiger partial charge on any atom is -0.347 e. The molecule has 1 N–H and O–H groups in total. The maximum atomic E-state index is 5.83. The van der Waals surface area contributed by atoms with E-state index in [-0.39, 0.29) is 10.8 Å². The summed E-state index contributed by atoms with van der Waals surface area (Å²) in [5, 5.41) is 20.2. The van der Waals surface area contributed by atoms with E-state index in [0.717, 1.165) is 48.5 Å². The first kappa shape index (κ1) is 31.6. The van der Waals surface area contributed by atoms with Gasteiger partial charge in [0.2, 0.25) is 17.4 Å².